The number of ether oxygens (including phenoxy) is 1. The highest BCUT2D eigenvalue weighted by Crippen LogP contribution is 2.15. The number of hydrogen-bond acceptors (Lipinski definition) is 6. The number of amides is 1. The Hall–Kier alpha value is -3.82. The quantitative estimate of drug-likeness (QED) is 0.380. The first kappa shape index (κ1) is 24.9. The van der Waals surface area contributed by atoms with Crippen LogP contribution in [0.1, 0.15) is 40.9 Å². The number of nitrogens with zero attached hydrogens (tertiary/aromatic N) is 4. The third kappa shape index (κ3) is 5.19. The Bertz CT molecular complexity index is 1550. The fourth-order valence-electron chi connectivity index (χ4n) is 4.81. The number of morpholine rings is 1. The van der Waals surface area contributed by atoms with Crippen LogP contribution in [0.3, 0.4) is 0 Å². The van der Waals surface area contributed by atoms with Gasteiger partial charge < -0.3 is 14.6 Å². The van der Waals surface area contributed by atoms with E-state index in [0.717, 1.165) is 50.4 Å². The summed E-state index contributed by atoms with van der Waals surface area (Å²) in [4.78, 5) is 34.0. The summed E-state index contributed by atoms with van der Waals surface area (Å²) in [5.41, 5.74) is 2.79. The average Bonchev–Trinajstić information content (AvgIpc) is 2.91. The van der Waals surface area contributed by atoms with Crippen molar-refractivity contribution < 1.29 is 9.53 Å². The third-order valence-electron chi connectivity index (χ3n) is 6.91. The van der Waals surface area contributed by atoms with Crippen molar-refractivity contribution in [3.05, 3.63) is 87.3 Å². The summed E-state index contributed by atoms with van der Waals surface area (Å²) in [6.45, 7) is 8.32. The first-order chi connectivity index (χ1) is 17.9. The zero-order valence-electron chi connectivity index (χ0n) is 21.2. The highest BCUT2D eigenvalue weighted by molar-refractivity contribution is 5.97. The Balaban J connectivity index is 1.56. The van der Waals surface area contributed by atoms with E-state index in [2.05, 4.69) is 10.2 Å². The molecule has 1 fully saturated rings. The number of carbonyl (C=O) groups excluding carboxylic acids is 1. The molecule has 1 amide bonds. The smallest absolute Gasteiger partial charge is 0.267 e. The Morgan fingerprint density at radius 3 is 2.65 bits per heavy atom. The Labute approximate surface area is 214 Å². The number of aryl methyl sites for hydroxylation is 2. The van der Waals surface area contributed by atoms with Gasteiger partial charge in [0.1, 0.15) is 16.8 Å². The zero-order chi connectivity index (χ0) is 25.9. The van der Waals surface area contributed by atoms with Crippen molar-refractivity contribution in [2.75, 3.05) is 32.8 Å². The lowest BCUT2D eigenvalue weighted by molar-refractivity contribution is 0.0369. The van der Waals surface area contributed by atoms with E-state index in [1.165, 1.54) is 10.5 Å². The van der Waals surface area contributed by atoms with Gasteiger partial charge in [-0.1, -0.05) is 36.4 Å². The summed E-state index contributed by atoms with van der Waals surface area (Å²) in [6.07, 6.45) is 2.50. The predicted octanol–water partition coefficient (Wildman–Crippen LogP) is 2.65. The van der Waals surface area contributed by atoms with E-state index in [0.29, 0.717) is 23.2 Å². The molecule has 2 N–H and O–H groups in total. The second-order valence-electron chi connectivity index (χ2n) is 9.56. The molecule has 1 aliphatic rings. The summed E-state index contributed by atoms with van der Waals surface area (Å²) in [7, 11) is 0. The summed E-state index contributed by atoms with van der Waals surface area (Å²) < 4.78 is 8.66. The third-order valence-corrected chi connectivity index (χ3v) is 6.91. The fourth-order valence-corrected chi connectivity index (χ4v) is 4.81. The molecule has 1 saturated heterocycles. The maximum absolute atomic E-state index is 13.5. The fraction of sp³-hybridized carbons (Fsp3) is 0.357. The standard InChI is InChI=1S/C28H32N6O3/c1-19-9-10-24-31-26-23(28(36)34(24)18-19)17-22(27(35)30-20(2)21-7-4-3-5-8-21)25(29)33(26)12-6-11-32-13-15-37-16-14-32/h3-5,7-10,17-18,20,29H,6,11-16H2,1-2H3,(H,30,35). The van der Waals surface area contributed by atoms with E-state index in [-0.39, 0.29) is 28.6 Å². The van der Waals surface area contributed by atoms with Crippen LogP contribution in [0, 0.1) is 12.3 Å². The molecule has 192 valence electrons. The normalized spacial score (nSPS) is 15.2. The molecule has 0 radical (unpaired) electrons. The monoisotopic (exact) mass is 500 g/mol. The number of hydrogen-bond donors (Lipinski definition) is 2. The van der Waals surface area contributed by atoms with Crippen molar-refractivity contribution in [1.29, 1.82) is 5.41 Å². The van der Waals surface area contributed by atoms with Crippen LogP contribution in [0.25, 0.3) is 16.7 Å². The molecule has 0 spiro atoms. The van der Waals surface area contributed by atoms with Gasteiger partial charge in [0.25, 0.3) is 11.5 Å². The van der Waals surface area contributed by atoms with E-state index in [1.54, 1.807) is 16.8 Å². The van der Waals surface area contributed by atoms with Crippen molar-refractivity contribution >= 4 is 22.6 Å². The van der Waals surface area contributed by atoms with E-state index >= 15 is 0 Å². The first-order valence-corrected chi connectivity index (χ1v) is 12.7. The molecule has 0 bridgehead atoms. The predicted molar refractivity (Wildman–Crippen MR) is 142 cm³/mol. The maximum Gasteiger partial charge on any atom is 0.267 e. The molecular formula is C28H32N6O3. The molecule has 4 aromatic rings. The van der Waals surface area contributed by atoms with Gasteiger partial charge in [0, 0.05) is 32.4 Å². The molecule has 0 aliphatic carbocycles. The van der Waals surface area contributed by atoms with Gasteiger partial charge in [-0.15, -0.1) is 0 Å². The number of fused-ring (bicyclic) bond motifs is 2. The van der Waals surface area contributed by atoms with Crippen molar-refractivity contribution in [3.63, 3.8) is 0 Å². The van der Waals surface area contributed by atoms with Gasteiger partial charge in [0.2, 0.25) is 0 Å². The van der Waals surface area contributed by atoms with Crippen LogP contribution < -0.4 is 16.4 Å². The Morgan fingerprint density at radius 1 is 1.14 bits per heavy atom. The lowest BCUT2D eigenvalue weighted by Gasteiger charge is -2.26. The van der Waals surface area contributed by atoms with Crippen molar-refractivity contribution in [1.82, 2.24) is 24.2 Å². The molecule has 0 saturated carbocycles. The van der Waals surface area contributed by atoms with Gasteiger partial charge in [-0.25, -0.2) is 4.98 Å². The van der Waals surface area contributed by atoms with E-state index in [9.17, 15) is 9.59 Å². The molecule has 1 aromatic carbocycles. The lowest BCUT2D eigenvalue weighted by atomic mass is 10.1. The van der Waals surface area contributed by atoms with Gasteiger partial charge >= 0.3 is 0 Å². The van der Waals surface area contributed by atoms with Crippen molar-refractivity contribution in [2.45, 2.75) is 32.9 Å². The molecule has 1 atom stereocenters. The number of carbonyl (C=O) groups is 1. The summed E-state index contributed by atoms with van der Waals surface area (Å²) >= 11 is 0. The van der Waals surface area contributed by atoms with Gasteiger partial charge in [-0.05, 0) is 43.5 Å². The molecule has 9 heteroatoms. The lowest BCUT2D eigenvalue weighted by Crippen LogP contribution is -2.38. The molecule has 1 aliphatic heterocycles. The molecular weight excluding hydrogens is 468 g/mol. The molecule has 9 nitrogen and oxygen atoms in total. The zero-order valence-corrected chi connectivity index (χ0v) is 21.2. The number of rotatable bonds is 7. The van der Waals surface area contributed by atoms with E-state index in [4.69, 9.17) is 15.1 Å². The molecule has 3 aromatic heterocycles. The number of aromatic nitrogens is 3. The molecule has 1 unspecified atom stereocenters. The Morgan fingerprint density at radius 2 is 1.89 bits per heavy atom. The topological polar surface area (TPSA) is 105 Å². The SMILES string of the molecule is Cc1ccc2nc3c(cc(C(=O)NC(C)c4ccccc4)c(=N)n3CCCN3CCOCC3)c(=O)n2c1. The minimum absolute atomic E-state index is 0.0515. The van der Waals surface area contributed by atoms with Crippen molar-refractivity contribution in [2.24, 2.45) is 0 Å². The van der Waals surface area contributed by atoms with Crippen LogP contribution in [-0.4, -0.2) is 57.6 Å². The largest absolute Gasteiger partial charge is 0.379 e. The average molecular weight is 501 g/mol. The van der Waals surface area contributed by atoms with Crippen LogP contribution in [-0.2, 0) is 11.3 Å². The van der Waals surface area contributed by atoms with Crippen LogP contribution >= 0.6 is 0 Å². The van der Waals surface area contributed by atoms with Crippen molar-refractivity contribution in [3.8, 4) is 0 Å². The van der Waals surface area contributed by atoms with Gasteiger partial charge in [0.15, 0.2) is 0 Å². The van der Waals surface area contributed by atoms with Crippen LogP contribution in [0.4, 0.5) is 0 Å². The summed E-state index contributed by atoms with van der Waals surface area (Å²) in [5.74, 6) is -0.390. The van der Waals surface area contributed by atoms with Crippen LogP contribution in [0.5, 0.6) is 0 Å². The van der Waals surface area contributed by atoms with Gasteiger partial charge in [-0.2, -0.15) is 0 Å². The minimum Gasteiger partial charge on any atom is -0.379 e. The minimum atomic E-state index is -0.390. The second-order valence-corrected chi connectivity index (χ2v) is 9.56. The van der Waals surface area contributed by atoms with E-state index < -0.39 is 0 Å². The van der Waals surface area contributed by atoms with Crippen LogP contribution in [0.15, 0.2) is 59.5 Å². The second kappa shape index (κ2) is 10.7. The number of pyridine rings is 2. The molecule has 4 heterocycles. The van der Waals surface area contributed by atoms with E-state index in [1.807, 2.05) is 50.2 Å². The van der Waals surface area contributed by atoms with Crippen LogP contribution in [0.2, 0.25) is 0 Å². The first-order valence-electron chi connectivity index (χ1n) is 12.7. The number of nitrogens with one attached hydrogen (secondary N) is 2. The maximum atomic E-state index is 13.5. The molecule has 37 heavy (non-hydrogen) atoms. The van der Waals surface area contributed by atoms with Gasteiger partial charge in [-0.3, -0.25) is 24.3 Å². The van der Waals surface area contributed by atoms with Gasteiger partial charge in [0.05, 0.1) is 30.2 Å². The highest BCUT2D eigenvalue weighted by Gasteiger charge is 2.20. The summed E-state index contributed by atoms with van der Waals surface area (Å²) in [6, 6.07) is 14.6. The number of benzene rings is 1. The Kier molecular flexibility index (Phi) is 7.16. The summed E-state index contributed by atoms with van der Waals surface area (Å²) in [5, 5.41) is 12.3. The highest BCUT2D eigenvalue weighted by atomic mass is 16.5. The molecule has 5 rings (SSSR count).